The third-order valence-corrected chi connectivity index (χ3v) is 3.90. The number of carboxylic acid groups (broad SMARTS) is 1. The molecule has 0 spiro atoms. The van der Waals surface area contributed by atoms with Gasteiger partial charge in [0.25, 0.3) is 5.91 Å². The Morgan fingerprint density at radius 2 is 2.15 bits per heavy atom. The molecular weight excluding hydrogens is 278 g/mol. The Morgan fingerprint density at radius 1 is 1.40 bits per heavy atom. The zero-order chi connectivity index (χ0) is 14.5. The molecule has 0 fully saturated rings. The number of carboxylic acids is 1. The van der Waals surface area contributed by atoms with E-state index in [-0.39, 0.29) is 18.9 Å². The summed E-state index contributed by atoms with van der Waals surface area (Å²) in [6, 6.07) is 6.59. The normalized spacial score (nSPS) is 12.2. The second-order valence-corrected chi connectivity index (χ2v) is 5.20. The molecule has 2 aromatic rings. The highest BCUT2D eigenvalue weighted by molar-refractivity contribution is 7.17. The van der Waals surface area contributed by atoms with Crippen LogP contribution in [0.15, 0.2) is 29.6 Å². The Hall–Kier alpha value is -1.92. The largest absolute Gasteiger partial charge is 0.480 e. The van der Waals surface area contributed by atoms with E-state index >= 15 is 0 Å². The molecule has 1 aromatic heterocycles. The third-order valence-electron chi connectivity index (χ3n) is 2.94. The number of benzene rings is 1. The molecule has 0 aliphatic rings. The SMILES string of the molecule is COCCC(NC(=O)c1csc2ccccc12)C(=O)O. The summed E-state index contributed by atoms with van der Waals surface area (Å²) < 4.78 is 5.85. The lowest BCUT2D eigenvalue weighted by Gasteiger charge is -2.13. The minimum absolute atomic E-state index is 0.236. The quantitative estimate of drug-likeness (QED) is 0.855. The van der Waals surface area contributed by atoms with Gasteiger partial charge < -0.3 is 15.2 Å². The number of amides is 1. The average molecular weight is 293 g/mol. The van der Waals surface area contributed by atoms with Crippen LogP contribution in [0.4, 0.5) is 0 Å². The van der Waals surface area contributed by atoms with Crippen molar-refractivity contribution >= 4 is 33.3 Å². The van der Waals surface area contributed by atoms with Crippen molar-refractivity contribution in [3.8, 4) is 0 Å². The molecular formula is C14H15NO4S. The molecule has 0 saturated heterocycles. The molecule has 0 radical (unpaired) electrons. The van der Waals surface area contributed by atoms with Crippen LogP contribution in [0, 0.1) is 0 Å². The predicted molar refractivity (Wildman–Crippen MR) is 77.2 cm³/mol. The lowest BCUT2D eigenvalue weighted by Crippen LogP contribution is -2.41. The van der Waals surface area contributed by atoms with E-state index in [4.69, 9.17) is 9.84 Å². The number of aliphatic carboxylic acids is 1. The maximum absolute atomic E-state index is 12.2. The zero-order valence-corrected chi connectivity index (χ0v) is 11.8. The first-order valence-electron chi connectivity index (χ1n) is 6.12. The molecule has 0 bridgehead atoms. The maximum atomic E-state index is 12.2. The summed E-state index contributed by atoms with van der Waals surface area (Å²) in [5, 5.41) is 14.2. The van der Waals surface area contributed by atoms with Gasteiger partial charge in [-0.2, -0.15) is 0 Å². The lowest BCUT2D eigenvalue weighted by atomic mass is 10.1. The van der Waals surface area contributed by atoms with Crippen molar-refractivity contribution in [1.29, 1.82) is 0 Å². The van der Waals surface area contributed by atoms with E-state index in [1.54, 1.807) is 5.38 Å². The fourth-order valence-electron chi connectivity index (χ4n) is 1.88. The average Bonchev–Trinajstić information content (AvgIpc) is 2.87. The Morgan fingerprint density at radius 3 is 2.85 bits per heavy atom. The fraction of sp³-hybridized carbons (Fsp3) is 0.286. The third kappa shape index (κ3) is 3.15. The number of thiophene rings is 1. The summed E-state index contributed by atoms with van der Waals surface area (Å²) in [5.74, 6) is -1.43. The van der Waals surface area contributed by atoms with E-state index in [2.05, 4.69) is 5.32 Å². The molecule has 5 nitrogen and oxygen atoms in total. The minimum atomic E-state index is -1.06. The van der Waals surface area contributed by atoms with Gasteiger partial charge in [0, 0.05) is 35.6 Å². The molecule has 1 heterocycles. The van der Waals surface area contributed by atoms with E-state index in [1.807, 2.05) is 24.3 Å². The van der Waals surface area contributed by atoms with Crippen LogP contribution in [-0.4, -0.2) is 36.7 Å². The summed E-state index contributed by atoms with van der Waals surface area (Å²) in [6.45, 7) is 0.279. The van der Waals surface area contributed by atoms with E-state index in [0.29, 0.717) is 5.56 Å². The number of ether oxygens (including phenoxy) is 1. The summed E-state index contributed by atoms with van der Waals surface area (Å²) >= 11 is 1.46. The van der Waals surface area contributed by atoms with Crippen molar-refractivity contribution in [2.24, 2.45) is 0 Å². The topological polar surface area (TPSA) is 75.6 Å². The number of rotatable bonds is 6. The van der Waals surface area contributed by atoms with E-state index in [9.17, 15) is 9.59 Å². The van der Waals surface area contributed by atoms with Gasteiger partial charge in [0.05, 0.1) is 5.56 Å². The van der Waals surface area contributed by atoms with E-state index in [1.165, 1.54) is 18.4 Å². The molecule has 1 amide bonds. The van der Waals surface area contributed by atoms with Crippen LogP contribution in [0.25, 0.3) is 10.1 Å². The van der Waals surface area contributed by atoms with E-state index < -0.39 is 12.0 Å². The fourth-order valence-corrected chi connectivity index (χ4v) is 2.82. The Bertz CT molecular complexity index is 622. The Labute approximate surface area is 120 Å². The summed E-state index contributed by atoms with van der Waals surface area (Å²) in [4.78, 5) is 23.3. The van der Waals surface area contributed by atoms with Crippen LogP contribution in [0.3, 0.4) is 0 Å². The second kappa shape index (κ2) is 6.49. The van der Waals surface area contributed by atoms with Crippen molar-refractivity contribution in [2.75, 3.05) is 13.7 Å². The molecule has 2 rings (SSSR count). The monoisotopic (exact) mass is 293 g/mol. The molecule has 1 unspecified atom stereocenters. The lowest BCUT2D eigenvalue weighted by molar-refractivity contribution is -0.139. The summed E-state index contributed by atoms with van der Waals surface area (Å²) in [5.41, 5.74) is 0.509. The first kappa shape index (κ1) is 14.5. The summed E-state index contributed by atoms with van der Waals surface area (Å²) in [7, 11) is 1.49. The van der Waals surface area contributed by atoms with Crippen LogP contribution in [0.1, 0.15) is 16.8 Å². The van der Waals surface area contributed by atoms with Crippen LogP contribution in [-0.2, 0) is 9.53 Å². The molecule has 2 N–H and O–H groups in total. The molecule has 0 aliphatic carbocycles. The first-order chi connectivity index (χ1) is 9.63. The predicted octanol–water partition coefficient (Wildman–Crippen LogP) is 2.12. The van der Waals surface area contributed by atoms with Crippen LogP contribution >= 0.6 is 11.3 Å². The van der Waals surface area contributed by atoms with Gasteiger partial charge in [-0.25, -0.2) is 4.79 Å². The number of carbonyl (C=O) groups excluding carboxylic acids is 1. The van der Waals surface area contributed by atoms with Gasteiger partial charge in [-0.15, -0.1) is 11.3 Å². The maximum Gasteiger partial charge on any atom is 0.326 e. The van der Waals surface area contributed by atoms with Crippen molar-refractivity contribution in [1.82, 2.24) is 5.32 Å². The van der Waals surface area contributed by atoms with Gasteiger partial charge >= 0.3 is 5.97 Å². The molecule has 1 atom stereocenters. The minimum Gasteiger partial charge on any atom is -0.480 e. The van der Waals surface area contributed by atoms with Crippen molar-refractivity contribution in [3.63, 3.8) is 0 Å². The molecule has 1 aromatic carbocycles. The molecule has 106 valence electrons. The van der Waals surface area contributed by atoms with Gasteiger partial charge in [-0.05, 0) is 6.07 Å². The molecule has 20 heavy (non-hydrogen) atoms. The van der Waals surface area contributed by atoms with Crippen LogP contribution in [0.5, 0.6) is 0 Å². The van der Waals surface area contributed by atoms with Gasteiger partial charge in [-0.3, -0.25) is 4.79 Å². The zero-order valence-electron chi connectivity index (χ0n) is 11.0. The smallest absolute Gasteiger partial charge is 0.326 e. The second-order valence-electron chi connectivity index (χ2n) is 4.29. The number of methoxy groups -OCH3 is 1. The highest BCUT2D eigenvalue weighted by atomic mass is 32.1. The van der Waals surface area contributed by atoms with Gasteiger partial charge in [0.2, 0.25) is 0 Å². The highest BCUT2D eigenvalue weighted by Crippen LogP contribution is 2.25. The highest BCUT2D eigenvalue weighted by Gasteiger charge is 2.21. The van der Waals surface area contributed by atoms with E-state index in [0.717, 1.165) is 10.1 Å². The van der Waals surface area contributed by atoms with Crippen molar-refractivity contribution in [3.05, 3.63) is 35.2 Å². The van der Waals surface area contributed by atoms with Gasteiger partial charge in [0.15, 0.2) is 0 Å². The number of carbonyl (C=O) groups is 2. The number of hydrogen-bond acceptors (Lipinski definition) is 4. The first-order valence-corrected chi connectivity index (χ1v) is 7.00. The number of nitrogens with one attached hydrogen (secondary N) is 1. The van der Waals surface area contributed by atoms with Crippen LogP contribution in [0.2, 0.25) is 0 Å². The Balaban J connectivity index is 2.16. The van der Waals surface area contributed by atoms with Crippen molar-refractivity contribution in [2.45, 2.75) is 12.5 Å². The molecule has 6 heteroatoms. The molecule has 0 saturated carbocycles. The van der Waals surface area contributed by atoms with Gasteiger partial charge in [0.1, 0.15) is 6.04 Å². The summed E-state index contributed by atoms with van der Waals surface area (Å²) in [6.07, 6.45) is 0.236. The van der Waals surface area contributed by atoms with Crippen molar-refractivity contribution < 1.29 is 19.4 Å². The Kier molecular flexibility index (Phi) is 4.70. The molecule has 0 aliphatic heterocycles. The number of hydrogen-bond donors (Lipinski definition) is 2. The standard InChI is InChI=1S/C14H15NO4S/c1-19-7-6-11(14(17)18)15-13(16)10-8-20-12-5-3-2-4-9(10)12/h2-5,8,11H,6-7H2,1H3,(H,15,16)(H,17,18). The van der Waals surface area contributed by atoms with Crippen LogP contribution < -0.4 is 5.32 Å². The number of fused-ring (bicyclic) bond motifs is 1. The van der Waals surface area contributed by atoms with Gasteiger partial charge in [-0.1, -0.05) is 18.2 Å².